The van der Waals surface area contributed by atoms with Crippen LogP contribution in [0, 0.1) is 0 Å². The van der Waals surface area contributed by atoms with Crippen LogP contribution in [-0.2, 0) is 5.41 Å². The lowest BCUT2D eigenvalue weighted by molar-refractivity contribution is 0.571. The van der Waals surface area contributed by atoms with Gasteiger partial charge in [-0.15, -0.1) is 0 Å². The molecule has 0 aliphatic carbocycles. The Bertz CT molecular complexity index is 468. The number of hydrogen-bond donors (Lipinski definition) is 1. The Kier molecular flexibility index (Phi) is 2.00. The topological polar surface area (TPSA) is 41.6 Å². The van der Waals surface area contributed by atoms with Gasteiger partial charge in [0.25, 0.3) is 0 Å². The average Bonchev–Trinajstić information content (AvgIpc) is 2.41. The third-order valence-electron chi connectivity index (χ3n) is 2.09. The molecule has 14 heavy (non-hydrogen) atoms. The lowest BCUT2D eigenvalue weighted by Gasteiger charge is -2.16. The molecule has 4 heteroatoms. The quantitative estimate of drug-likeness (QED) is 0.725. The van der Waals surface area contributed by atoms with E-state index in [4.69, 9.17) is 11.6 Å². The molecule has 0 fully saturated rings. The lowest BCUT2D eigenvalue weighted by atomic mass is 9.92. The summed E-state index contributed by atoms with van der Waals surface area (Å²) < 4.78 is 0. The van der Waals surface area contributed by atoms with Crippen molar-refractivity contribution in [1.29, 1.82) is 0 Å². The molecule has 0 bridgehead atoms. The zero-order chi connectivity index (χ0) is 10.3. The van der Waals surface area contributed by atoms with Gasteiger partial charge in [-0.05, 0) is 23.7 Å². The fourth-order valence-corrected chi connectivity index (χ4v) is 1.46. The largest absolute Gasteiger partial charge is 0.327 e. The highest BCUT2D eigenvalue weighted by Crippen LogP contribution is 2.22. The maximum absolute atomic E-state index is 5.74. The van der Waals surface area contributed by atoms with Gasteiger partial charge in [0.15, 0.2) is 5.65 Å². The third kappa shape index (κ3) is 1.60. The number of aromatic amines is 1. The zero-order valence-electron chi connectivity index (χ0n) is 8.43. The second kappa shape index (κ2) is 2.95. The molecule has 0 amide bonds. The van der Waals surface area contributed by atoms with Gasteiger partial charge in [0.1, 0.15) is 0 Å². The Labute approximate surface area is 87.5 Å². The van der Waals surface area contributed by atoms with E-state index in [1.807, 2.05) is 12.1 Å². The molecule has 0 aliphatic heterocycles. The summed E-state index contributed by atoms with van der Waals surface area (Å²) in [6.45, 7) is 6.36. The van der Waals surface area contributed by atoms with Gasteiger partial charge in [0, 0.05) is 11.1 Å². The van der Waals surface area contributed by atoms with E-state index < -0.39 is 0 Å². The molecule has 0 saturated heterocycles. The minimum absolute atomic E-state index is 0.0413. The number of imidazole rings is 1. The monoisotopic (exact) mass is 209 g/mol. The smallest absolute Gasteiger partial charge is 0.202 e. The van der Waals surface area contributed by atoms with Crippen molar-refractivity contribution in [2.75, 3.05) is 0 Å². The highest BCUT2D eigenvalue weighted by atomic mass is 35.5. The summed E-state index contributed by atoms with van der Waals surface area (Å²) in [7, 11) is 0. The fourth-order valence-electron chi connectivity index (χ4n) is 1.28. The maximum Gasteiger partial charge on any atom is 0.202 e. The first-order valence-electron chi connectivity index (χ1n) is 4.49. The summed E-state index contributed by atoms with van der Waals surface area (Å²) in [5, 5.41) is 0.388. The van der Waals surface area contributed by atoms with Crippen LogP contribution in [0.15, 0.2) is 12.1 Å². The van der Waals surface area contributed by atoms with Gasteiger partial charge in [0.2, 0.25) is 5.28 Å². The van der Waals surface area contributed by atoms with Crippen LogP contribution < -0.4 is 0 Å². The molecule has 0 atom stereocenters. The number of hydrogen-bond acceptors (Lipinski definition) is 2. The van der Waals surface area contributed by atoms with Gasteiger partial charge in [-0.1, -0.05) is 20.8 Å². The van der Waals surface area contributed by atoms with Gasteiger partial charge < -0.3 is 4.98 Å². The van der Waals surface area contributed by atoms with E-state index in [-0.39, 0.29) is 5.41 Å². The Morgan fingerprint density at radius 2 is 1.93 bits per heavy atom. The highest BCUT2D eigenvalue weighted by molar-refractivity contribution is 6.28. The first kappa shape index (κ1) is 9.46. The third-order valence-corrected chi connectivity index (χ3v) is 2.26. The van der Waals surface area contributed by atoms with E-state index in [1.165, 1.54) is 0 Å². The molecular weight excluding hydrogens is 198 g/mol. The Morgan fingerprint density at radius 3 is 2.57 bits per heavy atom. The number of halogens is 1. The van der Waals surface area contributed by atoms with E-state index in [9.17, 15) is 0 Å². The Hall–Kier alpha value is -1.09. The van der Waals surface area contributed by atoms with Crippen molar-refractivity contribution in [3.8, 4) is 0 Å². The minimum atomic E-state index is 0.0413. The lowest BCUT2D eigenvalue weighted by Crippen LogP contribution is -2.13. The second-order valence-electron chi connectivity index (χ2n) is 4.35. The van der Waals surface area contributed by atoms with Gasteiger partial charge in [-0.25, -0.2) is 4.98 Å². The van der Waals surface area contributed by atoms with Crippen molar-refractivity contribution < 1.29 is 0 Å². The van der Waals surface area contributed by atoms with Gasteiger partial charge >= 0.3 is 0 Å². The Morgan fingerprint density at radius 1 is 1.21 bits per heavy atom. The van der Waals surface area contributed by atoms with Crippen LogP contribution >= 0.6 is 11.6 Å². The normalized spacial score (nSPS) is 12.3. The van der Waals surface area contributed by atoms with Crippen molar-refractivity contribution in [2.24, 2.45) is 0 Å². The van der Waals surface area contributed by atoms with Crippen LogP contribution in [0.25, 0.3) is 11.2 Å². The number of nitrogens with one attached hydrogen (secondary N) is 1. The average molecular weight is 210 g/mol. The van der Waals surface area contributed by atoms with Crippen LogP contribution in [0.2, 0.25) is 5.28 Å². The highest BCUT2D eigenvalue weighted by Gasteiger charge is 2.16. The van der Waals surface area contributed by atoms with E-state index in [2.05, 4.69) is 35.7 Å². The van der Waals surface area contributed by atoms with Crippen LogP contribution in [0.5, 0.6) is 0 Å². The predicted octanol–water partition coefficient (Wildman–Crippen LogP) is 2.91. The van der Waals surface area contributed by atoms with E-state index >= 15 is 0 Å². The Balaban J connectivity index is 2.62. The van der Waals surface area contributed by atoms with E-state index in [0.717, 1.165) is 11.2 Å². The molecule has 0 saturated carbocycles. The molecule has 3 nitrogen and oxygen atoms in total. The van der Waals surface area contributed by atoms with Crippen molar-refractivity contribution in [3.63, 3.8) is 0 Å². The maximum atomic E-state index is 5.74. The number of aromatic nitrogens is 3. The van der Waals surface area contributed by atoms with E-state index in [0.29, 0.717) is 10.9 Å². The number of pyridine rings is 1. The van der Waals surface area contributed by atoms with Crippen LogP contribution in [0.4, 0.5) is 0 Å². The number of fused-ring (bicyclic) bond motifs is 1. The summed E-state index contributed by atoms with van der Waals surface area (Å²) in [6, 6.07) is 3.96. The molecule has 2 aromatic heterocycles. The first-order valence-corrected chi connectivity index (χ1v) is 4.87. The summed E-state index contributed by atoms with van der Waals surface area (Å²) >= 11 is 5.74. The summed E-state index contributed by atoms with van der Waals surface area (Å²) in [4.78, 5) is 11.5. The van der Waals surface area contributed by atoms with Crippen molar-refractivity contribution in [3.05, 3.63) is 23.1 Å². The molecule has 2 aromatic rings. The van der Waals surface area contributed by atoms with Gasteiger partial charge in [-0.3, -0.25) is 0 Å². The fraction of sp³-hybridized carbons (Fsp3) is 0.400. The standard InChI is InChI=1S/C10H12ClN3/c1-10(2,3)7-5-4-6-8(13-7)14-9(11)12-6/h4-5H,1-3H3,(H,12,13,14). The summed E-state index contributed by atoms with van der Waals surface area (Å²) in [5.74, 6) is 0. The molecule has 0 aliphatic rings. The zero-order valence-corrected chi connectivity index (χ0v) is 9.18. The van der Waals surface area contributed by atoms with Crippen LogP contribution in [0.3, 0.4) is 0 Å². The molecule has 0 unspecified atom stereocenters. The van der Waals surface area contributed by atoms with Crippen LogP contribution in [-0.4, -0.2) is 15.0 Å². The number of rotatable bonds is 0. The van der Waals surface area contributed by atoms with Crippen molar-refractivity contribution in [2.45, 2.75) is 26.2 Å². The molecule has 0 aromatic carbocycles. The molecule has 0 radical (unpaired) electrons. The molecule has 74 valence electrons. The van der Waals surface area contributed by atoms with Crippen molar-refractivity contribution in [1.82, 2.24) is 15.0 Å². The molecule has 2 heterocycles. The number of nitrogens with zero attached hydrogens (tertiary/aromatic N) is 2. The van der Waals surface area contributed by atoms with Crippen molar-refractivity contribution >= 4 is 22.8 Å². The molecule has 1 N–H and O–H groups in total. The minimum Gasteiger partial charge on any atom is -0.327 e. The first-order chi connectivity index (χ1) is 6.47. The summed E-state index contributed by atoms with van der Waals surface area (Å²) in [5.41, 5.74) is 2.62. The SMILES string of the molecule is CC(C)(C)c1ccc2[nH]c(Cl)nc2n1. The van der Waals surface area contributed by atoms with Gasteiger partial charge in [0.05, 0.1) is 5.52 Å². The molecule has 0 spiro atoms. The second-order valence-corrected chi connectivity index (χ2v) is 4.70. The van der Waals surface area contributed by atoms with Gasteiger partial charge in [-0.2, -0.15) is 4.98 Å². The number of H-pyrrole nitrogens is 1. The van der Waals surface area contributed by atoms with Crippen LogP contribution in [0.1, 0.15) is 26.5 Å². The molecule has 2 rings (SSSR count). The predicted molar refractivity (Wildman–Crippen MR) is 57.6 cm³/mol. The van der Waals surface area contributed by atoms with E-state index in [1.54, 1.807) is 0 Å². The molecular formula is C10H12ClN3. The summed E-state index contributed by atoms with van der Waals surface area (Å²) in [6.07, 6.45) is 0.